The van der Waals surface area contributed by atoms with Crippen LogP contribution in [0.2, 0.25) is 0 Å². The Balaban J connectivity index is 1.66. The molecule has 0 aliphatic heterocycles. The second-order valence-corrected chi connectivity index (χ2v) is 11.8. The molecule has 0 radical (unpaired) electrons. The number of anilines is 4. The number of halogens is 1. The Kier molecular flexibility index (Phi) is 5.76. The highest BCUT2D eigenvalue weighted by atomic mass is 32.2. The normalized spacial score (nSPS) is 12.2. The van der Waals surface area contributed by atoms with Gasteiger partial charge in [0.1, 0.15) is 11.6 Å². The SMILES string of the molecule is Cc1cc(Nc2nccc(N(C)c3n[nH]c4nc(C)c(F)cc34)n2)cc(S(=O)(=O)C(C)(C)C)c1. The van der Waals surface area contributed by atoms with Gasteiger partial charge < -0.3 is 10.2 Å². The van der Waals surface area contributed by atoms with Gasteiger partial charge in [0.15, 0.2) is 21.3 Å². The lowest BCUT2D eigenvalue weighted by atomic mass is 10.2. The summed E-state index contributed by atoms with van der Waals surface area (Å²) < 4.78 is 39.0. The average molecular weight is 484 g/mol. The Morgan fingerprint density at radius 1 is 1.09 bits per heavy atom. The van der Waals surface area contributed by atoms with Crippen LogP contribution in [0.15, 0.2) is 41.4 Å². The van der Waals surface area contributed by atoms with E-state index in [0.29, 0.717) is 28.4 Å². The van der Waals surface area contributed by atoms with Crippen molar-refractivity contribution in [1.82, 2.24) is 25.1 Å². The van der Waals surface area contributed by atoms with Crippen LogP contribution in [0, 0.1) is 19.7 Å². The van der Waals surface area contributed by atoms with E-state index in [9.17, 15) is 12.8 Å². The smallest absolute Gasteiger partial charge is 0.229 e. The number of nitrogens with zero attached hydrogens (tertiary/aromatic N) is 5. The summed E-state index contributed by atoms with van der Waals surface area (Å²) in [5.41, 5.74) is 2.09. The molecule has 3 aromatic heterocycles. The minimum atomic E-state index is -3.53. The topological polar surface area (TPSA) is 117 Å². The molecule has 0 bridgehead atoms. The predicted molar refractivity (Wildman–Crippen MR) is 130 cm³/mol. The van der Waals surface area contributed by atoms with E-state index in [4.69, 9.17) is 0 Å². The standard InChI is InChI=1S/C23H26FN7O2S/c1-13-9-15(11-16(10-13)34(32,33)23(3,4)5)27-22-25-8-7-19(28-22)31(6)21-17-12-18(24)14(2)26-20(17)29-30-21/h7-12H,1-6H3,(H,25,27,28)(H,26,29,30). The van der Waals surface area contributed by atoms with E-state index in [-0.39, 0.29) is 16.5 Å². The second-order valence-electron chi connectivity index (χ2n) is 9.07. The highest BCUT2D eigenvalue weighted by molar-refractivity contribution is 7.92. The molecule has 0 saturated carbocycles. The molecule has 0 spiro atoms. The van der Waals surface area contributed by atoms with Crippen molar-refractivity contribution in [3.63, 3.8) is 0 Å². The monoisotopic (exact) mass is 483 g/mol. The molecule has 9 nitrogen and oxygen atoms in total. The summed E-state index contributed by atoms with van der Waals surface area (Å²) in [4.78, 5) is 14.9. The van der Waals surface area contributed by atoms with Gasteiger partial charge in [0.05, 0.1) is 20.7 Å². The van der Waals surface area contributed by atoms with Crippen molar-refractivity contribution in [1.29, 1.82) is 0 Å². The molecule has 0 saturated heterocycles. The molecule has 178 valence electrons. The number of rotatable bonds is 5. The van der Waals surface area contributed by atoms with E-state index in [0.717, 1.165) is 5.56 Å². The zero-order valence-corrected chi connectivity index (χ0v) is 20.6. The van der Waals surface area contributed by atoms with Crippen LogP contribution in [0.1, 0.15) is 32.0 Å². The number of hydrogen-bond donors (Lipinski definition) is 2. The van der Waals surface area contributed by atoms with Crippen molar-refractivity contribution in [2.24, 2.45) is 0 Å². The summed E-state index contributed by atoms with van der Waals surface area (Å²) in [5.74, 6) is 0.810. The minimum absolute atomic E-state index is 0.226. The van der Waals surface area contributed by atoms with E-state index in [2.05, 4.69) is 30.5 Å². The summed E-state index contributed by atoms with van der Waals surface area (Å²) in [5, 5.41) is 10.7. The number of aromatic nitrogens is 5. The molecule has 0 unspecified atom stereocenters. The Hall–Kier alpha value is -3.60. The van der Waals surface area contributed by atoms with E-state index in [1.54, 1.807) is 64.0 Å². The minimum Gasteiger partial charge on any atom is -0.324 e. The van der Waals surface area contributed by atoms with Gasteiger partial charge in [-0.2, -0.15) is 10.1 Å². The molecule has 4 rings (SSSR count). The first-order valence-corrected chi connectivity index (χ1v) is 12.1. The van der Waals surface area contributed by atoms with Gasteiger partial charge in [0, 0.05) is 18.9 Å². The summed E-state index contributed by atoms with van der Waals surface area (Å²) in [6, 6.07) is 8.12. The summed E-state index contributed by atoms with van der Waals surface area (Å²) in [6.07, 6.45) is 1.57. The van der Waals surface area contributed by atoms with Crippen molar-refractivity contribution in [2.45, 2.75) is 44.3 Å². The van der Waals surface area contributed by atoms with E-state index in [1.165, 1.54) is 6.07 Å². The summed E-state index contributed by atoms with van der Waals surface area (Å²) in [6.45, 7) is 8.42. The van der Waals surface area contributed by atoms with Crippen LogP contribution in [0.3, 0.4) is 0 Å². The van der Waals surface area contributed by atoms with Crippen molar-refractivity contribution >= 4 is 44.1 Å². The van der Waals surface area contributed by atoms with Crippen molar-refractivity contribution in [3.8, 4) is 0 Å². The maximum absolute atomic E-state index is 14.1. The quantitative estimate of drug-likeness (QED) is 0.423. The molecule has 2 N–H and O–H groups in total. The van der Waals surface area contributed by atoms with E-state index < -0.39 is 20.4 Å². The molecule has 0 aliphatic rings. The lowest BCUT2D eigenvalue weighted by Crippen LogP contribution is -2.28. The molecule has 1 aromatic carbocycles. The van der Waals surface area contributed by atoms with Gasteiger partial charge in [-0.1, -0.05) is 0 Å². The first kappa shape index (κ1) is 23.6. The fourth-order valence-corrected chi connectivity index (χ4v) is 4.75. The van der Waals surface area contributed by atoms with Gasteiger partial charge in [-0.05, 0) is 70.5 Å². The number of aryl methyl sites for hydroxylation is 2. The average Bonchev–Trinajstić information content (AvgIpc) is 3.15. The van der Waals surface area contributed by atoms with Crippen LogP contribution in [0.4, 0.5) is 27.7 Å². The molecule has 3 heterocycles. The summed E-state index contributed by atoms with van der Waals surface area (Å²) >= 11 is 0. The van der Waals surface area contributed by atoms with Crippen molar-refractivity contribution in [2.75, 3.05) is 17.3 Å². The van der Waals surface area contributed by atoms with Crippen LogP contribution >= 0.6 is 0 Å². The Labute approximate surface area is 197 Å². The number of H-pyrrole nitrogens is 1. The maximum Gasteiger partial charge on any atom is 0.229 e. The number of benzene rings is 1. The molecule has 34 heavy (non-hydrogen) atoms. The van der Waals surface area contributed by atoms with Crippen LogP contribution in [0.5, 0.6) is 0 Å². The van der Waals surface area contributed by atoms with Crippen molar-refractivity contribution < 1.29 is 12.8 Å². The largest absolute Gasteiger partial charge is 0.324 e. The van der Waals surface area contributed by atoms with Gasteiger partial charge in [-0.3, -0.25) is 5.10 Å². The fraction of sp³-hybridized carbons (Fsp3) is 0.304. The molecule has 0 atom stereocenters. The second kappa shape index (κ2) is 8.32. The van der Waals surface area contributed by atoms with Gasteiger partial charge in [-0.15, -0.1) is 0 Å². The third-order valence-corrected chi connectivity index (χ3v) is 7.85. The maximum atomic E-state index is 14.1. The third kappa shape index (κ3) is 4.30. The number of fused-ring (bicyclic) bond motifs is 1. The van der Waals surface area contributed by atoms with Gasteiger partial charge in [-0.25, -0.2) is 22.8 Å². The van der Waals surface area contributed by atoms with Crippen LogP contribution in [-0.2, 0) is 9.84 Å². The lowest BCUT2D eigenvalue weighted by Gasteiger charge is -2.20. The van der Waals surface area contributed by atoms with Gasteiger partial charge in [0.25, 0.3) is 0 Å². The first-order valence-electron chi connectivity index (χ1n) is 10.6. The highest BCUT2D eigenvalue weighted by Gasteiger charge is 2.31. The van der Waals surface area contributed by atoms with Gasteiger partial charge >= 0.3 is 0 Å². The highest BCUT2D eigenvalue weighted by Crippen LogP contribution is 2.30. The summed E-state index contributed by atoms with van der Waals surface area (Å²) in [7, 11) is -1.78. The van der Waals surface area contributed by atoms with Crippen LogP contribution in [-0.4, -0.2) is 45.4 Å². The van der Waals surface area contributed by atoms with E-state index in [1.807, 2.05) is 13.0 Å². The molecular formula is C23H26FN7O2S. The van der Waals surface area contributed by atoms with Crippen LogP contribution in [0.25, 0.3) is 11.0 Å². The Morgan fingerprint density at radius 3 is 2.53 bits per heavy atom. The number of hydrogen-bond acceptors (Lipinski definition) is 8. The zero-order valence-electron chi connectivity index (χ0n) is 19.8. The van der Waals surface area contributed by atoms with Crippen molar-refractivity contribution in [3.05, 3.63) is 53.6 Å². The number of pyridine rings is 1. The molecule has 11 heteroatoms. The molecule has 0 amide bonds. The first-order chi connectivity index (χ1) is 15.9. The number of nitrogens with one attached hydrogen (secondary N) is 2. The zero-order chi connectivity index (χ0) is 24.8. The molecule has 0 fully saturated rings. The van der Waals surface area contributed by atoms with Crippen LogP contribution < -0.4 is 10.2 Å². The lowest BCUT2D eigenvalue weighted by molar-refractivity contribution is 0.560. The molecular weight excluding hydrogens is 457 g/mol. The fourth-order valence-electron chi connectivity index (χ4n) is 3.42. The van der Waals surface area contributed by atoms with E-state index >= 15 is 0 Å². The van der Waals surface area contributed by atoms with Gasteiger partial charge in [0.2, 0.25) is 5.95 Å². The molecule has 0 aliphatic carbocycles. The molecule has 4 aromatic rings. The predicted octanol–water partition coefficient (Wildman–Crippen LogP) is 4.59. The Bertz CT molecular complexity index is 1490. The number of sulfone groups is 1. The Morgan fingerprint density at radius 2 is 1.82 bits per heavy atom. The number of aromatic amines is 1. The third-order valence-electron chi connectivity index (χ3n) is 5.39.